The van der Waals surface area contributed by atoms with E-state index in [0.717, 1.165) is 0 Å². The summed E-state index contributed by atoms with van der Waals surface area (Å²) in [6.45, 7) is 23.8. The molecule has 3 nitrogen and oxygen atoms in total. The molecule has 0 radical (unpaired) electrons. The Bertz CT molecular complexity index is 387. The van der Waals surface area contributed by atoms with Crippen LogP contribution in [0.25, 0.3) is 0 Å². The minimum absolute atomic E-state index is 0.108. The lowest BCUT2D eigenvalue weighted by Gasteiger charge is -2.46. The average Bonchev–Trinajstić information content (AvgIpc) is 2.36. The van der Waals surface area contributed by atoms with Gasteiger partial charge < -0.3 is 10.1 Å². The van der Waals surface area contributed by atoms with Crippen LogP contribution in [-0.2, 0) is 4.74 Å². The maximum atomic E-state index is 12.2. The van der Waals surface area contributed by atoms with Crippen LogP contribution >= 0.6 is 11.8 Å². The van der Waals surface area contributed by atoms with Crippen LogP contribution in [0.1, 0.15) is 76.2 Å². The number of carbonyl (C=O) groups is 1. The highest BCUT2D eigenvalue weighted by Gasteiger charge is 2.45. The van der Waals surface area contributed by atoms with E-state index in [2.05, 4.69) is 67.6 Å². The number of carbonyl (C=O) groups excluding carboxylic acids is 1. The van der Waals surface area contributed by atoms with Crippen molar-refractivity contribution in [2.24, 2.45) is 23.2 Å². The Balaban J connectivity index is 4.65. The van der Waals surface area contributed by atoms with E-state index in [4.69, 9.17) is 4.74 Å². The van der Waals surface area contributed by atoms with Gasteiger partial charge in [-0.3, -0.25) is 0 Å². The highest BCUT2D eigenvalue weighted by atomic mass is 32.2. The SMILES string of the molecule is CC(C)C(C)C(C)(C)C(C)(C)OC(=O)NCSC(C)(C)C(C)C. The summed E-state index contributed by atoms with van der Waals surface area (Å²) in [6, 6.07) is 0. The molecule has 0 aromatic heterocycles. The van der Waals surface area contributed by atoms with Crippen LogP contribution in [0.15, 0.2) is 0 Å². The number of hydrogen-bond donors (Lipinski definition) is 1. The van der Waals surface area contributed by atoms with Crippen molar-refractivity contribution in [2.45, 2.75) is 86.5 Å². The Morgan fingerprint density at radius 1 is 1.00 bits per heavy atom. The predicted octanol–water partition coefficient (Wildman–Crippen LogP) is 5.93. The fourth-order valence-electron chi connectivity index (χ4n) is 2.23. The Hall–Kier alpha value is -0.380. The Morgan fingerprint density at radius 3 is 1.87 bits per heavy atom. The van der Waals surface area contributed by atoms with Gasteiger partial charge in [0.2, 0.25) is 0 Å². The molecule has 0 fully saturated rings. The quantitative estimate of drug-likeness (QED) is 0.554. The van der Waals surface area contributed by atoms with Crippen LogP contribution in [0.3, 0.4) is 0 Å². The molecule has 4 heteroatoms. The van der Waals surface area contributed by atoms with Gasteiger partial charge in [0, 0.05) is 10.2 Å². The third-order valence-electron chi connectivity index (χ3n) is 6.09. The van der Waals surface area contributed by atoms with Crippen LogP contribution in [0.4, 0.5) is 4.79 Å². The molecule has 0 saturated carbocycles. The molecule has 23 heavy (non-hydrogen) atoms. The van der Waals surface area contributed by atoms with Crippen LogP contribution in [0, 0.1) is 23.2 Å². The molecule has 0 aliphatic heterocycles. The topological polar surface area (TPSA) is 38.3 Å². The molecule has 0 heterocycles. The molecule has 0 rings (SSSR count). The summed E-state index contributed by atoms with van der Waals surface area (Å²) >= 11 is 1.75. The van der Waals surface area contributed by atoms with Crippen molar-refractivity contribution in [3.05, 3.63) is 0 Å². The molecule has 0 aliphatic carbocycles. The molecule has 1 amide bonds. The van der Waals surface area contributed by atoms with Gasteiger partial charge in [-0.15, -0.1) is 11.8 Å². The highest BCUT2D eigenvalue weighted by Crippen LogP contribution is 2.43. The summed E-state index contributed by atoms with van der Waals surface area (Å²) in [5.74, 6) is 2.10. The zero-order valence-corrected chi connectivity index (χ0v) is 18.0. The Morgan fingerprint density at radius 2 is 1.48 bits per heavy atom. The van der Waals surface area contributed by atoms with E-state index in [1.165, 1.54) is 0 Å². The predicted molar refractivity (Wildman–Crippen MR) is 103 cm³/mol. The second kappa shape index (κ2) is 8.13. The molecule has 0 aromatic rings. The van der Waals surface area contributed by atoms with Crippen molar-refractivity contribution < 1.29 is 9.53 Å². The lowest BCUT2D eigenvalue weighted by Crippen LogP contribution is -2.49. The summed E-state index contributed by atoms with van der Waals surface area (Å²) in [7, 11) is 0. The fraction of sp³-hybridized carbons (Fsp3) is 0.947. The van der Waals surface area contributed by atoms with Gasteiger partial charge in [0.25, 0.3) is 0 Å². The summed E-state index contributed by atoms with van der Waals surface area (Å²) in [5.41, 5.74) is -0.637. The van der Waals surface area contributed by atoms with Gasteiger partial charge in [0.1, 0.15) is 5.60 Å². The molecule has 1 unspecified atom stereocenters. The van der Waals surface area contributed by atoms with Crippen molar-refractivity contribution in [1.82, 2.24) is 5.32 Å². The van der Waals surface area contributed by atoms with E-state index in [1.807, 2.05) is 13.8 Å². The second-order valence-corrected chi connectivity index (χ2v) is 10.5. The van der Waals surface area contributed by atoms with E-state index in [1.54, 1.807) is 11.8 Å². The summed E-state index contributed by atoms with van der Waals surface area (Å²) in [6.07, 6.45) is -0.328. The highest BCUT2D eigenvalue weighted by molar-refractivity contribution is 8.00. The van der Waals surface area contributed by atoms with Gasteiger partial charge in [0.05, 0.1) is 5.88 Å². The summed E-state index contributed by atoms with van der Waals surface area (Å²) < 4.78 is 5.92. The minimum Gasteiger partial charge on any atom is -0.443 e. The average molecular weight is 346 g/mol. The van der Waals surface area contributed by atoms with E-state index in [0.29, 0.717) is 23.6 Å². The van der Waals surface area contributed by atoms with Crippen LogP contribution in [0.5, 0.6) is 0 Å². The van der Waals surface area contributed by atoms with Gasteiger partial charge >= 0.3 is 6.09 Å². The summed E-state index contributed by atoms with van der Waals surface area (Å²) in [5, 5.41) is 2.89. The smallest absolute Gasteiger partial charge is 0.408 e. The van der Waals surface area contributed by atoms with Gasteiger partial charge in [0.15, 0.2) is 0 Å². The van der Waals surface area contributed by atoms with Crippen molar-refractivity contribution >= 4 is 17.9 Å². The zero-order valence-electron chi connectivity index (χ0n) is 17.2. The maximum absolute atomic E-state index is 12.2. The van der Waals surface area contributed by atoms with Crippen LogP contribution in [-0.4, -0.2) is 22.3 Å². The van der Waals surface area contributed by atoms with E-state index < -0.39 is 5.60 Å². The first kappa shape index (κ1) is 22.6. The molecule has 0 bridgehead atoms. The molecular weight excluding hydrogens is 306 g/mol. The second-order valence-electron chi connectivity index (χ2n) is 8.88. The third kappa shape index (κ3) is 6.21. The molecule has 0 saturated heterocycles. The van der Waals surface area contributed by atoms with E-state index in [-0.39, 0.29) is 16.3 Å². The van der Waals surface area contributed by atoms with Crippen molar-refractivity contribution in [1.29, 1.82) is 0 Å². The van der Waals surface area contributed by atoms with Crippen LogP contribution < -0.4 is 5.32 Å². The standard InChI is InChI=1S/C19H39NO2S/c1-13(2)15(5)17(6,7)19(10,11)22-16(21)20-12-23-18(8,9)14(3)4/h13-15H,12H2,1-11H3,(H,20,21). The van der Waals surface area contributed by atoms with Crippen molar-refractivity contribution in [3.63, 3.8) is 0 Å². The maximum Gasteiger partial charge on any atom is 0.408 e. The lowest BCUT2D eigenvalue weighted by molar-refractivity contribution is -0.0820. The monoisotopic (exact) mass is 345 g/mol. The minimum atomic E-state index is -0.529. The molecule has 138 valence electrons. The fourth-order valence-corrected chi connectivity index (χ4v) is 3.12. The first-order chi connectivity index (χ1) is 10.1. The Kier molecular flexibility index (Phi) is 8.00. The first-order valence-corrected chi connectivity index (χ1v) is 9.74. The number of amides is 1. The first-order valence-electron chi connectivity index (χ1n) is 8.76. The molecule has 0 aliphatic rings. The molecular formula is C19H39NO2S. The van der Waals surface area contributed by atoms with Gasteiger partial charge in [-0.05, 0) is 31.6 Å². The van der Waals surface area contributed by atoms with Gasteiger partial charge in [-0.2, -0.15) is 0 Å². The number of nitrogens with one attached hydrogen (secondary N) is 1. The van der Waals surface area contributed by atoms with E-state index >= 15 is 0 Å². The normalized spacial score (nSPS) is 15.0. The number of thioether (sulfide) groups is 1. The third-order valence-corrected chi connectivity index (χ3v) is 7.59. The Labute approximate surface area is 148 Å². The number of rotatable bonds is 8. The molecule has 1 atom stereocenters. The van der Waals surface area contributed by atoms with Gasteiger partial charge in [-0.1, -0.05) is 62.3 Å². The zero-order chi connectivity index (χ0) is 18.6. The number of hydrogen-bond acceptors (Lipinski definition) is 3. The van der Waals surface area contributed by atoms with E-state index in [9.17, 15) is 4.79 Å². The largest absolute Gasteiger partial charge is 0.443 e. The number of ether oxygens (including phenoxy) is 1. The molecule has 1 N–H and O–H groups in total. The summed E-state index contributed by atoms with van der Waals surface area (Å²) in [4.78, 5) is 12.2. The van der Waals surface area contributed by atoms with Crippen molar-refractivity contribution in [2.75, 3.05) is 5.88 Å². The number of alkyl carbamates (subject to hydrolysis) is 1. The van der Waals surface area contributed by atoms with Crippen molar-refractivity contribution in [3.8, 4) is 0 Å². The van der Waals surface area contributed by atoms with Crippen LogP contribution in [0.2, 0.25) is 0 Å². The van der Waals surface area contributed by atoms with Gasteiger partial charge in [-0.25, -0.2) is 4.79 Å². The molecule has 0 spiro atoms. The lowest BCUT2D eigenvalue weighted by atomic mass is 9.65. The molecule has 0 aromatic carbocycles.